The number of thiophene rings is 2. The van der Waals surface area contributed by atoms with Gasteiger partial charge in [-0.15, -0.1) is 22.7 Å². The minimum atomic E-state index is -1.76. The fourth-order valence-electron chi connectivity index (χ4n) is 7.08. The molecule has 0 aromatic carbocycles. The second-order valence-electron chi connectivity index (χ2n) is 20.9. The van der Waals surface area contributed by atoms with Gasteiger partial charge in [-0.2, -0.15) is 0 Å². The maximum atomic E-state index is 12.1. The Balaban J connectivity index is 0.000000494. The van der Waals surface area contributed by atoms with Crippen molar-refractivity contribution in [3.05, 3.63) is 99.4 Å². The highest BCUT2D eigenvalue weighted by atomic mass is 32.1. The molecule has 3 N–H and O–H groups in total. The van der Waals surface area contributed by atoms with Crippen molar-refractivity contribution in [1.29, 1.82) is 0 Å². The van der Waals surface area contributed by atoms with Gasteiger partial charge in [-0.25, -0.2) is 9.59 Å². The Morgan fingerprint density at radius 2 is 0.986 bits per heavy atom. The molecule has 0 saturated heterocycles. The first-order valence-corrected chi connectivity index (χ1v) is 31.2. The molecule has 2 atom stereocenters. The number of unbranched alkanes of at least 4 members (excludes halogenated alkanes) is 6. The molecule has 0 amide bonds. The van der Waals surface area contributed by atoms with Gasteiger partial charge in [0, 0.05) is 68.5 Å². The number of aliphatic hydroxyl groups excluding tert-OH is 1. The van der Waals surface area contributed by atoms with E-state index in [9.17, 15) is 29.4 Å². The Morgan fingerprint density at radius 3 is 1.30 bits per heavy atom. The summed E-state index contributed by atoms with van der Waals surface area (Å²) in [5, 5.41) is 28.9. The summed E-state index contributed by atoms with van der Waals surface area (Å²) in [5.41, 5.74) is -2.10. The van der Waals surface area contributed by atoms with Crippen molar-refractivity contribution >= 4 is 42.6 Å². The van der Waals surface area contributed by atoms with Crippen molar-refractivity contribution in [2.24, 2.45) is 11.8 Å². The third-order valence-corrected chi connectivity index (χ3v) is 20.1. The van der Waals surface area contributed by atoms with Gasteiger partial charge in [0.05, 0.1) is 0 Å². The molecule has 4 aromatic heterocycles. The van der Waals surface area contributed by atoms with Gasteiger partial charge in [0.1, 0.15) is 34.1 Å². The first-order valence-electron chi connectivity index (χ1n) is 26.6. The first kappa shape index (κ1) is 65.4. The second kappa shape index (κ2) is 34.0. The molecule has 2 unspecified atom stereocenters. The lowest BCUT2D eigenvalue weighted by atomic mass is 9.99. The molecule has 0 aliphatic heterocycles. The summed E-state index contributed by atoms with van der Waals surface area (Å²) in [6.45, 7) is 31.2. The molecular weight excluding hydrogens is 949 g/mol. The van der Waals surface area contributed by atoms with Crippen LogP contribution in [0.3, 0.4) is 0 Å². The Morgan fingerprint density at radius 1 is 0.606 bits per heavy atom. The summed E-state index contributed by atoms with van der Waals surface area (Å²) in [6, 6.07) is 11.9. The maximum Gasteiger partial charge on any atom is 0.350 e. The van der Waals surface area contributed by atoms with E-state index in [-0.39, 0.29) is 57.9 Å². The summed E-state index contributed by atoms with van der Waals surface area (Å²) in [4.78, 5) is 53.9. The molecule has 0 saturated carbocycles. The van der Waals surface area contributed by atoms with Crippen molar-refractivity contribution in [3.8, 4) is 11.5 Å². The van der Waals surface area contributed by atoms with E-state index in [4.69, 9.17) is 18.4 Å². The monoisotopic (exact) mass is 1040 g/mol. The number of aliphatic hydroxyl groups is 1. The molecule has 0 aliphatic carbocycles. The van der Waals surface area contributed by atoms with E-state index in [0.29, 0.717) is 31.0 Å². The Hall–Kier alpha value is -3.62. The Kier molecular flexibility index (Phi) is 31.3. The number of carbonyl (C=O) groups is 2. The van der Waals surface area contributed by atoms with E-state index in [0.717, 1.165) is 12.8 Å². The molecule has 4 heterocycles. The number of hydrogen-bond acceptors (Lipinski definition) is 12. The molecule has 0 radical (unpaired) electrons. The van der Waals surface area contributed by atoms with Crippen LogP contribution < -0.4 is 11.3 Å². The molecule has 0 aliphatic rings. The molecule has 13 heteroatoms. The smallest absolute Gasteiger partial charge is 0.350 e. The molecule has 0 fully saturated rings. The van der Waals surface area contributed by atoms with E-state index in [1.165, 1.54) is 98.9 Å². The molecule has 4 rings (SSSR count). The van der Waals surface area contributed by atoms with Crippen molar-refractivity contribution in [1.82, 2.24) is 0 Å². The maximum absolute atomic E-state index is 12.1. The van der Waals surface area contributed by atoms with Crippen LogP contribution in [0.4, 0.5) is 0 Å². The number of aryl methyl sites for hydroxylation is 4. The van der Waals surface area contributed by atoms with Crippen LogP contribution in [-0.4, -0.2) is 48.4 Å². The van der Waals surface area contributed by atoms with Crippen molar-refractivity contribution in [2.75, 3.05) is 13.2 Å². The van der Waals surface area contributed by atoms with Gasteiger partial charge in [-0.05, 0) is 107 Å². The number of hydrogen-bond donors (Lipinski definition) is 3. The molecule has 0 spiro atoms. The zero-order chi connectivity index (χ0) is 53.9. The highest BCUT2D eigenvalue weighted by Gasteiger charge is 2.37. The first-order chi connectivity index (χ1) is 33.4. The predicted octanol–water partition coefficient (Wildman–Crippen LogP) is 16.0. The number of rotatable bonds is 26. The van der Waals surface area contributed by atoms with Crippen molar-refractivity contribution in [2.45, 2.75) is 223 Å². The Bertz CT molecular complexity index is 2190. The van der Waals surface area contributed by atoms with E-state index in [1.54, 1.807) is 37.4 Å². The number of ketones is 2. The summed E-state index contributed by atoms with van der Waals surface area (Å²) < 4.78 is 16.6. The van der Waals surface area contributed by atoms with E-state index < -0.39 is 31.1 Å². The van der Waals surface area contributed by atoms with E-state index in [1.807, 2.05) is 36.5 Å². The summed E-state index contributed by atoms with van der Waals surface area (Å²) >= 11 is 3.98. The lowest BCUT2D eigenvalue weighted by Crippen LogP contribution is -2.41. The van der Waals surface area contributed by atoms with Gasteiger partial charge >= 0.3 is 11.3 Å². The third kappa shape index (κ3) is 23.9. The largest absolute Gasteiger partial charge is 0.507 e. The lowest BCUT2D eigenvalue weighted by molar-refractivity contribution is 0.0923. The zero-order valence-corrected chi connectivity index (χ0v) is 49.2. The zero-order valence-electron chi connectivity index (χ0n) is 46.5. The predicted molar refractivity (Wildman–Crippen MR) is 300 cm³/mol. The normalized spacial score (nSPS) is 12.4. The average Bonchev–Trinajstić information content (AvgIpc) is 3.99. The summed E-state index contributed by atoms with van der Waals surface area (Å²) in [7, 11) is -1.76. The van der Waals surface area contributed by atoms with Crippen LogP contribution in [0.5, 0.6) is 11.5 Å². The van der Waals surface area contributed by atoms with E-state index >= 15 is 0 Å². The summed E-state index contributed by atoms with van der Waals surface area (Å²) in [6.07, 6.45) is 18.8. The lowest BCUT2D eigenvalue weighted by Gasteiger charge is -2.36. The van der Waals surface area contributed by atoms with Gasteiger partial charge < -0.3 is 28.6 Å². The van der Waals surface area contributed by atoms with Crippen molar-refractivity contribution in [3.63, 3.8) is 0 Å². The average molecular weight is 1040 g/mol. The molecule has 0 bridgehead atoms. The van der Waals surface area contributed by atoms with Gasteiger partial charge in [0.2, 0.25) is 0 Å². The molecule has 71 heavy (non-hydrogen) atoms. The van der Waals surface area contributed by atoms with Gasteiger partial charge in [-0.3, -0.25) is 9.59 Å². The van der Waals surface area contributed by atoms with Crippen LogP contribution >= 0.6 is 22.7 Å². The quantitative estimate of drug-likeness (QED) is 0.0313. The van der Waals surface area contributed by atoms with Gasteiger partial charge in [-0.1, -0.05) is 129 Å². The van der Waals surface area contributed by atoms with E-state index in [2.05, 4.69) is 85.8 Å². The van der Waals surface area contributed by atoms with Gasteiger partial charge in [0.15, 0.2) is 19.9 Å². The van der Waals surface area contributed by atoms with Gasteiger partial charge in [0.25, 0.3) is 0 Å². The van der Waals surface area contributed by atoms with Crippen LogP contribution in [0.15, 0.2) is 54.8 Å². The fraction of sp³-hybridized carbons (Fsp3) is 0.655. The summed E-state index contributed by atoms with van der Waals surface area (Å²) in [5.74, 6) is -1.63. The van der Waals surface area contributed by atoms with Crippen LogP contribution in [0.2, 0.25) is 18.1 Å². The highest BCUT2D eigenvalue weighted by molar-refractivity contribution is 7.12. The van der Waals surface area contributed by atoms with Crippen molar-refractivity contribution < 1.29 is 38.2 Å². The molecular formula is C58H94O10S2Si. The second-order valence-corrected chi connectivity index (χ2v) is 28.2. The topological polar surface area (TPSA) is 164 Å². The minimum Gasteiger partial charge on any atom is -0.507 e. The number of Topliss-reactive ketones (excluding diaryl/α,β-unsaturated/α-hetero) is 2. The molecule has 4 aromatic rings. The van der Waals surface area contributed by atoms with Crippen LogP contribution in [0.1, 0.15) is 231 Å². The van der Waals surface area contributed by atoms with Crippen LogP contribution in [0, 0.1) is 11.8 Å². The number of aromatic hydroxyl groups is 2. The Labute approximate surface area is 437 Å². The SMILES string of the molecule is CC(C)C(=O)c1c(O)cc(C(C)CCCO)oc1=O.CC(C)C(=O)c1c(O)cc(C(C)CCCO[Si](C)(C)C(C)(C)C)oc1=O.CCCCCCc1ccc(CC)s1.CCCCCCc1ccc(CC)s1. The molecule has 10 nitrogen and oxygen atoms in total. The van der Waals surface area contributed by atoms with Crippen LogP contribution in [0.25, 0.3) is 0 Å². The molecule has 402 valence electrons. The standard InChI is InChI=1S/C20H34O5Si.C14H20O5.2C12H20S/c1-13(2)18(22)17-15(21)12-16(25-19(17)23)14(3)10-9-11-24-26(7,8)20(4,5)6;1-8(2)13(17)12-10(16)7-11(19-14(12)18)9(3)5-4-6-15;2*1-3-5-6-7-8-12-10-9-11(4-2)13-12/h12-14,21H,9-11H2,1-8H3;7-9,15-16H,4-6H2,1-3H3;2*9-10H,3-8H2,1-2H3. The fourth-order valence-corrected chi connectivity index (χ4v) is 10.2. The third-order valence-electron chi connectivity index (χ3n) is 12.9. The minimum absolute atomic E-state index is 0.0418. The number of carbonyl (C=O) groups excluding carboxylic acids is 2. The highest BCUT2D eigenvalue weighted by Crippen LogP contribution is 2.37. The van der Waals surface area contributed by atoms with Crippen LogP contribution in [-0.2, 0) is 30.1 Å².